The van der Waals surface area contributed by atoms with Gasteiger partial charge >= 0.3 is 0 Å². The van der Waals surface area contributed by atoms with Crippen molar-refractivity contribution in [3.8, 4) is 11.5 Å². The Balaban J connectivity index is 1.88. The molecule has 3 rings (SSSR count). The number of aromatic amines is 1. The van der Waals surface area contributed by atoms with Gasteiger partial charge in [-0.25, -0.2) is 0 Å². The van der Waals surface area contributed by atoms with Gasteiger partial charge < -0.3 is 14.8 Å². The van der Waals surface area contributed by atoms with Crippen molar-refractivity contribution in [2.45, 2.75) is 0 Å². The fourth-order valence-electron chi connectivity index (χ4n) is 1.62. The van der Waals surface area contributed by atoms with Gasteiger partial charge in [-0.3, -0.25) is 9.89 Å². The second kappa shape index (κ2) is 4.23. The fraction of sp³-hybridized carbons (Fsp3) is 0.0909. The van der Waals surface area contributed by atoms with Crippen LogP contribution in [0.1, 0.15) is 10.4 Å². The maximum absolute atomic E-state index is 12.0. The first kappa shape index (κ1) is 10.9. The molecule has 2 heterocycles. The summed E-state index contributed by atoms with van der Waals surface area (Å²) in [6.45, 7) is 0.113. The van der Waals surface area contributed by atoms with E-state index >= 15 is 0 Å². The van der Waals surface area contributed by atoms with Crippen molar-refractivity contribution < 1.29 is 14.3 Å². The SMILES string of the molecule is O=C(Nc1cn[nH]c1)c1cc(Cl)c2c(c1)OCO2. The molecule has 0 aliphatic carbocycles. The van der Waals surface area contributed by atoms with Gasteiger partial charge in [0.15, 0.2) is 11.5 Å². The van der Waals surface area contributed by atoms with Gasteiger partial charge in [-0.15, -0.1) is 0 Å². The largest absolute Gasteiger partial charge is 0.454 e. The predicted molar refractivity (Wildman–Crippen MR) is 64.1 cm³/mol. The molecule has 0 saturated carbocycles. The van der Waals surface area contributed by atoms with Gasteiger partial charge in [0.25, 0.3) is 5.91 Å². The van der Waals surface area contributed by atoms with E-state index in [0.29, 0.717) is 27.8 Å². The molecule has 18 heavy (non-hydrogen) atoms. The van der Waals surface area contributed by atoms with Gasteiger partial charge in [0.2, 0.25) is 6.79 Å². The van der Waals surface area contributed by atoms with Crippen LogP contribution in [-0.4, -0.2) is 22.9 Å². The van der Waals surface area contributed by atoms with E-state index in [4.69, 9.17) is 21.1 Å². The van der Waals surface area contributed by atoms with E-state index in [1.54, 1.807) is 12.3 Å². The zero-order valence-corrected chi connectivity index (χ0v) is 9.82. The van der Waals surface area contributed by atoms with Crippen LogP contribution in [0.5, 0.6) is 11.5 Å². The van der Waals surface area contributed by atoms with Gasteiger partial charge in [0, 0.05) is 11.8 Å². The summed E-state index contributed by atoms with van der Waals surface area (Å²) in [4.78, 5) is 12.0. The maximum atomic E-state index is 12.0. The lowest BCUT2D eigenvalue weighted by molar-refractivity contribution is 0.102. The number of benzene rings is 1. The van der Waals surface area contributed by atoms with Crippen LogP contribution in [0.2, 0.25) is 5.02 Å². The summed E-state index contributed by atoms with van der Waals surface area (Å²) in [6, 6.07) is 3.12. The summed E-state index contributed by atoms with van der Waals surface area (Å²) < 4.78 is 10.4. The number of rotatable bonds is 2. The van der Waals surface area contributed by atoms with E-state index in [1.807, 2.05) is 0 Å². The summed E-state index contributed by atoms with van der Waals surface area (Å²) >= 11 is 6.00. The van der Waals surface area contributed by atoms with Crippen molar-refractivity contribution in [1.82, 2.24) is 10.2 Å². The zero-order valence-electron chi connectivity index (χ0n) is 9.07. The fourth-order valence-corrected chi connectivity index (χ4v) is 1.89. The maximum Gasteiger partial charge on any atom is 0.255 e. The number of carbonyl (C=O) groups is 1. The smallest absolute Gasteiger partial charge is 0.255 e. The molecule has 0 spiro atoms. The number of hydrogen-bond donors (Lipinski definition) is 2. The number of aromatic nitrogens is 2. The highest BCUT2D eigenvalue weighted by atomic mass is 35.5. The zero-order chi connectivity index (χ0) is 12.5. The predicted octanol–water partition coefficient (Wildman–Crippen LogP) is 2.04. The lowest BCUT2D eigenvalue weighted by atomic mass is 10.2. The molecule has 2 N–H and O–H groups in total. The Kier molecular flexibility index (Phi) is 2.56. The molecule has 1 aromatic carbocycles. The first-order valence-electron chi connectivity index (χ1n) is 5.13. The number of ether oxygens (including phenoxy) is 2. The van der Waals surface area contributed by atoms with E-state index in [0.717, 1.165) is 0 Å². The number of fused-ring (bicyclic) bond motifs is 1. The third-order valence-corrected chi connectivity index (χ3v) is 2.73. The van der Waals surface area contributed by atoms with Crippen LogP contribution in [0.25, 0.3) is 0 Å². The van der Waals surface area contributed by atoms with Gasteiger partial charge in [0.05, 0.1) is 16.9 Å². The molecule has 7 heteroatoms. The third-order valence-electron chi connectivity index (χ3n) is 2.45. The molecule has 0 radical (unpaired) electrons. The Labute approximate surface area is 107 Å². The first-order chi connectivity index (χ1) is 8.74. The van der Waals surface area contributed by atoms with Gasteiger partial charge in [-0.1, -0.05) is 11.6 Å². The molecule has 92 valence electrons. The second-order valence-electron chi connectivity index (χ2n) is 3.63. The number of H-pyrrole nitrogens is 1. The van der Waals surface area contributed by atoms with Crippen LogP contribution in [0.15, 0.2) is 24.5 Å². The summed E-state index contributed by atoms with van der Waals surface area (Å²) in [5.41, 5.74) is 0.972. The number of hydrogen-bond acceptors (Lipinski definition) is 4. The number of halogens is 1. The van der Waals surface area contributed by atoms with Crippen molar-refractivity contribution in [1.29, 1.82) is 0 Å². The number of nitrogens with zero attached hydrogens (tertiary/aromatic N) is 1. The van der Waals surface area contributed by atoms with Gasteiger partial charge in [-0.2, -0.15) is 5.10 Å². The summed E-state index contributed by atoms with van der Waals surface area (Å²) in [6.07, 6.45) is 3.08. The molecule has 0 bridgehead atoms. The monoisotopic (exact) mass is 265 g/mol. The third kappa shape index (κ3) is 1.86. The van der Waals surface area contributed by atoms with Gasteiger partial charge in [0.1, 0.15) is 0 Å². The number of nitrogens with one attached hydrogen (secondary N) is 2. The van der Waals surface area contributed by atoms with Crippen molar-refractivity contribution >= 4 is 23.2 Å². The van der Waals surface area contributed by atoms with Crippen molar-refractivity contribution in [2.24, 2.45) is 0 Å². The minimum absolute atomic E-state index is 0.113. The van der Waals surface area contributed by atoms with Crippen LogP contribution in [-0.2, 0) is 0 Å². The molecule has 0 fully saturated rings. The van der Waals surface area contributed by atoms with Crippen LogP contribution in [0, 0.1) is 0 Å². The molecule has 1 amide bonds. The lowest BCUT2D eigenvalue weighted by Crippen LogP contribution is -2.11. The Morgan fingerprint density at radius 2 is 2.33 bits per heavy atom. The average molecular weight is 266 g/mol. The molecule has 0 unspecified atom stereocenters. The summed E-state index contributed by atoms with van der Waals surface area (Å²) in [5.74, 6) is 0.646. The number of anilines is 1. The quantitative estimate of drug-likeness (QED) is 0.871. The highest BCUT2D eigenvalue weighted by molar-refractivity contribution is 6.32. The standard InChI is InChI=1S/C11H8ClN3O3/c12-8-1-6(2-9-10(8)18-5-17-9)11(16)15-7-3-13-14-4-7/h1-4H,5H2,(H,13,14)(H,15,16). The van der Waals surface area contributed by atoms with E-state index in [1.165, 1.54) is 12.3 Å². The van der Waals surface area contributed by atoms with Crippen LogP contribution in [0.3, 0.4) is 0 Å². The van der Waals surface area contributed by atoms with E-state index in [2.05, 4.69) is 15.5 Å². The lowest BCUT2D eigenvalue weighted by Gasteiger charge is -2.05. The normalized spacial score (nSPS) is 12.5. The van der Waals surface area contributed by atoms with Crippen molar-refractivity contribution in [3.63, 3.8) is 0 Å². The highest BCUT2D eigenvalue weighted by Gasteiger charge is 2.20. The Bertz CT molecular complexity index is 598. The number of amides is 1. The molecule has 2 aromatic rings. The summed E-state index contributed by atoms with van der Waals surface area (Å²) in [5, 5.41) is 9.36. The topological polar surface area (TPSA) is 76.2 Å². The first-order valence-corrected chi connectivity index (χ1v) is 5.51. The molecule has 1 aromatic heterocycles. The number of carbonyl (C=O) groups excluding carboxylic acids is 1. The van der Waals surface area contributed by atoms with Crippen LogP contribution in [0.4, 0.5) is 5.69 Å². The summed E-state index contributed by atoms with van der Waals surface area (Å²) in [7, 11) is 0. The second-order valence-corrected chi connectivity index (χ2v) is 4.04. The molecule has 1 aliphatic heterocycles. The molecule has 1 aliphatic rings. The minimum atomic E-state index is -0.295. The highest BCUT2D eigenvalue weighted by Crippen LogP contribution is 2.39. The molecular weight excluding hydrogens is 258 g/mol. The van der Waals surface area contributed by atoms with Crippen molar-refractivity contribution in [2.75, 3.05) is 12.1 Å². The average Bonchev–Trinajstić information content (AvgIpc) is 2.98. The van der Waals surface area contributed by atoms with E-state index in [9.17, 15) is 4.79 Å². The molecule has 6 nitrogen and oxygen atoms in total. The van der Waals surface area contributed by atoms with E-state index in [-0.39, 0.29) is 12.7 Å². The minimum Gasteiger partial charge on any atom is -0.454 e. The molecule has 0 atom stereocenters. The van der Waals surface area contributed by atoms with Crippen molar-refractivity contribution in [3.05, 3.63) is 35.1 Å². The van der Waals surface area contributed by atoms with Crippen LogP contribution < -0.4 is 14.8 Å². The Morgan fingerprint density at radius 1 is 1.44 bits per heavy atom. The van der Waals surface area contributed by atoms with Crippen LogP contribution >= 0.6 is 11.6 Å². The molecular formula is C11H8ClN3O3. The Morgan fingerprint density at radius 3 is 3.11 bits per heavy atom. The Hall–Kier alpha value is -2.21. The molecule has 0 saturated heterocycles. The van der Waals surface area contributed by atoms with E-state index < -0.39 is 0 Å². The van der Waals surface area contributed by atoms with Gasteiger partial charge in [-0.05, 0) is 12.1 Å².